The van der Waals surface area contributed by atoms with Crippen LogP contribution in [-0.2, 0) is 0 Å². The molecule has 0 spiro atoms. The molecule has 2 aromatic carbocycles. The molecule has 5 rings (SSSR count). The lowest BCUT2D eigenvalue weighted by atomic mass is 9.94. The second-order valence-corrected chi connectivity index (χ2v) is 8.05. The fourth-order valence-corrected chi connectivity index (χ4v) is 4.25. The Kier molecular flexibility index (Phi) is 5.92. The van der Waals surface area contributed by atoms with Gasteiger partial charge in [-0.05, 0) is 61.6 Å². The zero-order valence-electron chi connectivity index (χ0n) is 17.5. The van der Waals surface area contributed by atoms with Crippen molar-refractivity contribution in [3.05, 3.63) is 137 Å². The average Bonchev–Trinajstić information content (AvgIpc) is 3.39. The van der Waals surface area contributed by atoms with Gasteiger partial charge >= 0.3 is 0 Å². The predicted molar refractivity (Wildman–Crippen MR) is 129 cm³/mol. The molecule has 7 heteroatoms. The van der Waals surface area contributed by atoms with E-state index in [0.29, 0.717) is 16.7 Å². The second kappa shape index (κ2) is 9.16. The number of benzene rings is 2. The highest BCUT2D eigenvalue weighted by atomic mass is 35.5. The number of hydrogen-bond acceptors (Lipinski definition) is 5. The van der Waals surface area contributed by atoms with Crippen molar-refractivity contribution in [3.63, 3.8) is 0 Å². The van der Waals surface area contributed by atoms with E-state index in [-0.39, 0.29) is 11.6 Å². The number of amidine groups is 1. The van der Waals surface area contributed by atoms with Crippen molar-refractivity contribution >= 4 is 28.9 Å². The monoisotopic (exact) mass is 454 g/mol. The van der Waals surface area contributed by atoms with Gasteiger partial charge in [0.15, 0.2) is 0 Å². The van der Waals surface area contributed by atoms with E-state index >= 15 is 0 Å². The molecule has 1 fully saturated rings. The summed E-state index contributed by atoms with van der Waals surface area (Å²) in [5.74, 6) is 1.36. The first-order chi connectivity index (χ1) is 16.1. The number of pyridine rings is 1. The van der Waals surface area contributed by atoms with Gasteiger partial charge in [-0.2, -0.15) is 0 Å². The predicted octanol–water partition coefficient (Wildman–Crippen LogP) is 5.98. The average molecular weight is 455 g/mol. The summed E-state index contributed by atoms with van der Waals surface area (Å²) >= 11 is 6.61. The van der Waals surface area contributed by atoms with E-state index in [1.807, 2.05) is 72.3 Å². The van der Waals surface area contributed by atoms with Crippen molar-refractivity contribution in [1.82, 2.24) is 4.98 Å². The maximum Gasteiger partial charge on any atom is 0.269 e. The van der Waals surface area contributed by atoms with E-state index in [9.17, 15) is 10.1 Å². The summed E-state index contributed by atoms with van der Waals surface area (Å²) in [5.41, 5.74) is 2.49. The van der Waals surface area contributed by atoms with Gasteiger partial charge in [-0.1, -0.05) is 41.9 Å². The van der Waals surface area contributed by atoms with Gasteiger partial charge in [0, 0.05) is 35.5 Å². The zero-order chi connectivity index (χ0) is 22.8. The summed E-state index contributed by atoms with van der Waals surface area (Å²) < 4.78 is 0. The molecule has 1 aromatic heterocycles. The number of halogens is 1. The van der Waals surface area contributed by atoms with Crippen molar-refractivity contribution in [1.29, 1.82) is 0 Å². The van der Waals surface area contributed by atoms with Crippen molar-refractivity contribution in [3.8, 4) is 0 Å². The molecule has 1 unspecified atom stereocenters. The van der Waals surface area contributed by atoms with Gasteiger partial charge in [0.1, 0.15) is 11.7 Å². The first-order valence-corrected chi connectivity index (χ1v) is 10.8. The number of non-ortho nitro benzene ring substituents is 1. The highest BCUT2D eigenvalue weighted by molar-refractivity contribution is 6.35. The molecule has 0 saturated heterocycles. The summed E-state index contributed by atoms with van der Waals surface area (Å²) in [6.45, 7) is 0. The van der Waals surface area contributed by atoms with Crippen molar-refractivity contribution in [2.24, 2.45) is 10.9 Å². The second-order valence-electron chi connectivity index (χ2n) is 7.64. The number of rotatable bonds is 5. The summed E-state index contributed by atoms with van der Waals surface area (Å²) in [4.78, 5) is 22.6. The summed E-state index contributed by atoms with van der Waals surface area (Å²) in [7, 11) is 0. The summed E-state index contributed by atoms with van der Waals surface area (Å²) in [5, 5.41) is 11.9. The van der Waals surface area contributed by atoms with Crippen LogP contribution < -0.4 is 4.90 Å². The van der Waals surface area contributed by atoms with E-state index < -0.39 is 11.0 Å². The molecule has 1 aliphatic heterocycles. The Labute approximate surface area is 197 Å². The molecule has 0 bridgehead atoms. The van der Waals surface area contributed by atoms with Crippen LogP contribution in [0.15, 0.2) is 89.7 Å². The van der Waals surface area contributed by atoms with Crippen LogP contribution in [0.25, 0.3) is 0 Å². The van der Waals surface area contributed by atoms with Crippen LogP contribution in [0.4, 0.5) is 11.5 Å². The third kappa shape index (κ3) is 4.26. The first kappa shape index (κ1) is 21.3. The Bertz CT molecular complexity index is 1240. The van der Waals surface area contributed by atoms with Gasteiger partial charge in [-0.25, -0.2) is 4.98 Å². The van der Waals surface area contributed by atoms with Gasteiger partial charge in [-0.3, -0.25) is 20.0 Å². The van der Waals surface area contributed by atoms with E-state index in [1.165, 1.54) is 6.07 Å². The van der Waals surface area contributed by atoms with E-state index in [1.54, 1.807) is 18.3 Å². The third-order valence-electron chi connectivity index (χ3n) is 5.57. The van der Waals surface area contributed by atoms with Gasteiger partial charge in [-0.15, -0.1) is 0 Å². The Morgan fingerprint density at radius 1 is 0.970 bits per heavy atom. The van der Waals surface area contributed by atoms with Crippen molar-refractivity contribution in [2.75, 3.05) is 4.90 Å². The number of aromatic nitrogens is 1. The van der Waals surface area contributed by atoms with Crippen LogP contribution in [0.2, 0.25) is 5.02 Å². The lowest BCUT2D eigenvalue weighted by molar-refractivity contribution is -0.384. The van der Waals surface area contributed by atoms with Crippen molar-refractivity contribution in [2.45, 2.75) is 6.04 Å². The van der Waals surface area contributed by atoms with E-state index in [2.05, 4.69) is 17.8 Å². The Balaban J connectivity index is 1.71. The number of nitro benzene ring substituents is 1. The van der Waals surface area contributed by atoms with E-state index in [0.717, 1.165) is 16.8 Å². The fourth-order valence-electron chi connectivity index (χ4n) is 4.03. The zero-order valence-corrected chi connectivity index (χ0v) is 18.2. The molecule has 162 valence electrons. The lowest BCUT2D eigenvalue weighted by Gasteiger charge is -2.36. The molecule has 0 amide bonds. The number of nitrogens with zero attached hydrogens (tertiary/aromatic N) is 4. The normalized spacial score (nSPS) is 18.7. The minimum Gasteiger partial charge on any atom is -0.283 e. The molecular formula is C26H19ClN4O2. The van der Waals surface area contributed by atoms with Gasteiger partial charge in [0.25, 0.3) is 5.69 Å². The van der Waals surface area contributed by atoms with Crippen LogP contribution in [0.3, 0.4) is 0 Å². The molecule has 1 saturated carbocycles. The Morgan fingerprint density at radius 3 is 2.48 bits per heavy atom. The van der Waals surface area contributed by atoms with E-state index in [4.69, 9.17) is 16.6 Å². The molecule has 6 nitrogen and oxygen atoms in total. The molecule has 1 aliphatic carbocycles. The molecule has 4 radical (unpaired) electrons. The summed E-state index contributed by atoms with van der Waals surface area (Å²) in [6.07, 6.45) is 12.0. The highest BCUT2D eigenvalue weighted by Gasteiger charge is 2.34. The quantitative estimate of drug-likeness (QED) is 0.351. The molecule has 3 aromatic rings. The first-order valence-electron chi connectivity index (χ1n) is 10.5. The molecule has 2 aliphatic rings. The number of anilines is 1. The number of aliphatic imine (C=N–C) groups is 1. The highest BCUT2D eigenvalue weighted by Crippen LogP contribution is 2.40. The lowest BCUT2D eigenvalue weighted by Crippen LogP contribution is -2.38. The Hall–Kier alpha value is -3.51. The molecule has 33 heavy (non-hydrogen) atoms. The molecular weight excluding hydrogens is 436 g/mol. The number of allylic oxidation sites excluding steroid dienone is 1. The number of hydrogen-bond donors (Lipinski definition) is 0. The topological polar surface area (TPSA) is 71.6 Å². The summed E-state index contributed by atoms with van der Waals surface area (Å²) in [6, 6.07) is 19.4. The van der Waals surface area contributed by atoms with Gasteiger partial charge in [0.2, 0.25) is 0 Å². The SMILES string of the molecule is O=[N+]([O-])c1cccc(C2C=C(C3[CH][CH][CH][CH]3)N(c3ccccn3)C(c3ccccc3Cl)=N2)c1. The van der Waals surface area contributed by atoms with Crippen LogP contribution >= 0.6 is 11.6 Å². The standard InChI is InChI=1S/C26H19ClN4O2/c27-22-13-4-3-12-21(22)26-29-23(19-10-7-11-20(16-19)31(32)33)17-24(18-8-1-2-9-18)30(26)25-14-5-6-15-28-25/h1-18,23H. The minimum absolute atomic E-state index is 0.00110. The largest absolute Gasteiger partial charge is 0.283 e. The molecule has 2 heterocycles. The third-order valence-corrected chi connectivity index (χ3v) is 5.89. The molecule has 1 atom stereocenters. The van der Waals surface area contributed by atoms with Crippen LogP contribution in [0.5, 0.6) is 0 Å². The fraction of sp³-hybridized carbons (Fsp3) is 0.0769. The van der Waals surface area contributed by atoms with Crippen molar-refractivity contribution < 1.29 is 4.92 Å². The Morgan fingerprint density at radius 2 is 1.76 bits per heavy atom. The maximum atomic E-state index is 11.4. The van der Waals surface area contributed by atoms with Gasteiger partial charge in [0.05, 0.1) is 16.0 Å². The van der Waals surface area contributed by atoms with Crippen LogP contribution in [0.1, 0.15) is 17.2 Å². The molecule has 0 N–H and O–H groups in total. The van der Waals surface area contributed by atoms with Gasteiger partial charge < -0.3 is 0 Å². The minimum atomic E-state index is -0.423. The van der Waals surface area contributed by atoms with Crippen LogP contribution in [0, 0.1) is 41.7 Å². The van der Waals surface area contributed by atoms with Crippen LogP contribution in [-0.4, -0.2) is 15.7 Å². The smallest absolute Gasteiger partial charge is 0.269 e. The maximum absolute atomic E-state index is 11.4. The number of nitro groups is 1.